The van der Waals surface area contributed by atoms with Crippen LogP contribution in [0.5, 0.6) is 5.75 Å². The molecule has 18 heavy (non-hydrogen) atoms. The zero-order valence-electron chi connectivity index (χ0n) is 9.85. The van der Waals surface area contributed by atoms with Gasteiger partial charge in [0.25, 0.3) is 5.91 Å². The van der Waals surface area contributed by atoms with Gasteiger partial charge in [-0.05, 0) is 31.2 Å². The van der Waals surface area contributed by atoms with Crippen molar-refractivity contribution in [3.8, 4) is 5.75 Å². The topological polar surface area (TPSA) is 50.7 Å². The van der Waals surface area contributed by atoms with Gasteiger partial charge in [-0.25, -0.2) is 0 Å². The number of carbonyl (C=O) groups excluding carboxylic acids is 1. The Labute approximate surface area is 115 Å². The van der Waals surface area contributed by atoms with Crippen LogP contribution >= 0.6 is 23.4 Å². The molecule has 0 saturated carbocycles. The van der Waals surface area contributed by atoms with Gasteiger partial charge in [0.2, 0.25) is 0 Å². The number of carbonyl (C=O) groups is 1. The van der Waals surface area contributed by atoms with Crippen LogP contribution in [0.1, 0.15) is 6.92 Å². The summed E-state index contributed by atoms with van der Waals surface area (Å²) in [6, 6.07) is 6.90. The zero-order chi connectivity index (χ0) is 13.0. The predicted molar refractivity (Wildman–Crippen MR) is 74.4 cm³/mol. The fourth-order valence-corrected chi connectivity index (χ4v) is 2.25. The van der Waals surface area contributed by atoms with Gasteiger partial charge in [-0.1, -0.05) is 23.4 Å². The third-order valence-corrected chi connectivity index (χ3v) is 3.45. The Balaban J connectivity index is 1.88. The van der Waals surface area contributed by atoms with Crippen LogP contribution in [-0.2, 0) is 4.79 Å². The molecule has 1 aromatic carbocycles. The summed E-state index contributed by atoms with van der Waals surface area (Å²) in [7, 11) is 0. The Morgan fingerprint density at radius 1 is 1.50 bits per heavy atom. The van der Waals surface area contributed by atoms with Crippen molar-refractivity contribution >= 4 is 34.4 Å². The van der Waals surface area contributed by atoms with Gasteiger partial charge in [0, 0.05) is 10.8 Å². The Morgan fingerprint density at radius 2 is 2.22 bits per heavy atom. The summed E-state index contributed by atoms with van der Waals surface area (Å²) in [5.74, 6) is 1.34. The fraction of sp³-hybridized carbons (Fsp3) is 0.333. The number of aliphatic imine (C=N–C) groups is 1. The van der Waals surface area contributed by atoms with E-state index < -0.39 is 6.10 Å². The Kier molecular flexibility index (Phi) is 4.49. The molecule has 0 fully saturated rings. The quantitative estimate of drug-likeness (QED) is 0.927. The first-order valence-corrected chi connectivity index (χ1v) is 6.92. The van der Waals surface area contributed by atoms with Crippen LogP contribution in [0.2, 0.25) is 5.02 Å². The minimum atomic E-state index is -0.574. The SMILES string of the molecule is C[C@@H](Oc1ccc(Cl)cc1)C(=O)NC1=NCCS1. The highest BCUT2D eigenvalue weighted by atomic mass is 35.5. The maximum Gasteiger partial charge on any atom is 0.266 e. The van der Waals surface area contributed by atoms with E-state index in [2.05, 4.69) is 10.3 Å². The van der Waals surface area contributed by atoms with Crippen LogP contribution in [0.25, 0.3) is 0 Å². The first-order chi connectivity index (χ1) is 8.65. The fourth-order valence-electron chi connectivity index (χ4n) is 1.39. The highest BCUT2D eigenvalue weighted by Crippen LogP contribution is 2.17. The number of nitrogens with zero attached hydrogens (tertiary/aromatic N) is 1. The van der Waals surface area contributed by atoms with Crippen molar-refractivity contribution in [2.75, 3.05) is 12.3 Å². The van der Waals surface area contributed by atoms with Crippen LogP contribution in [-0.4, -0.2) is 29.5 Å². The number of benzene rings is 1. The lowest BCUT2D eigenvalue weighted by atomic mass is 10.3. The second-order valence-corrected chi connectivity index (χ2v) is 5.26. The average molecular weight is 285 g/mol. The maximum atomic E-state index is 11.8. The van der Waals surface area contributed by atoms with Gasteiger partial charge < -0.3 is 10.1 Å². The van der Waals surface area contributed by atoms with Gasteiger partial charge in [-0.2, -0.15) is 0 Å². The number of rotatable bonds is 3. The molecule has 0 aromatic heterocycles. The van der Waals surface area contributed by atoms with Gasteiger partial charge in [0.05, 0.1) is 6.54 Å². The second kappa shape index (κ2) is 6.11. The first-order valence-electron chi connectivity index (χ1n) is 5.55. The van der Waals surface area contributed by atoms with Crippen molar-refractivity contribution in [3.63, 3.8) is 0 Å². The second-order valence-electron chi connectivity index (χ2n) is 3.74. The lowest BCUT2D eigenvalue weighted by Gasteiger charge is -2.14. The van der Waals surface area contributed by atoms with E-state index in [0.717, 1.165) is 12.3 Å². The first kappa shape index (κ1) is 13.2. The minimum absolute atomic E-state index is 0.196. The van der Waals surface area contributed by atoms with E-state index in [0.29, 0.717) is 15.9 Å². The summed E-state index contributed by atoms with van der Waals surface area (Å²) in [4.78, 5) is 16.0. The summed E-state index contributed by atoms with van der Waals surface area (Å²) in [6.45, 7) is 2.46. The van der Waals surface area contributed by atoms with Crippen molar-refractivity contribution in [1.82, 2.24) is 5.32 Å². The van der Waals surface area contributed by atoms with Crippen molar-refractivity contribution in [2.45, 2.75) is 13.0 Å². The molecule has 0 spiro atoms. The summed E-state index contributed by atoms with van der Waals surface area (Å²) >= 11 is 7.31. The smallest absolute Gasteiger partial charge is 0.266 e. The molecule has 96 valence electrons. The van der Waals surface area contributed by atoms with Gasteiger partial charge in [-0.15, -0.1) is 0 Å². The predicted octanol–water partition coefficient (Wildman–Crippen LogP) is 2.33. The molecular weight excluding hydrogens is 272 g/mol. The molecule has 0 saturated heterocycles. The number of hydrogen-bond acceptors (Lipinski definition) is 4. The van der Waals surface area contributed by atoms with E-state index in [-0.39, 0.29) is 5.91 Å². The zero-order valence-corrected chi connectivity index (χ0v) is 11.4. The van der Waals surface area contributed by atoms with Gasteiger partial charge >= 0.3 is 0 Å². The monoisotopic (exact) mass is 284 g/mol. The molecule has 2 rings (SSSR count). The van der Waals surface area contributed by atoms with Crippen molar-refractivity contribution in [3.05, 3.63) is 29.3 Å². The van der Waals surface area contributed by atoms with Crippen molar-refractivity contribution in [2.24, 2.45) is 4.99 Å². The van der Waals surface area contributed by atoms with E-state index in [9.17, 15) is 4.79 Å². The number of halogens is 1. The Hall–Kier alpha value is -1.20. The van der Waals surface area contributed by atoms with Crippen LogP contribution in [0.4, 0.5) is 0 Å². The molecule has 1 atom stereocenters. The highest BCUT2D eigenvalue weighted by molar-refractivity contribution is 8.14. The molecule has 0 unspecified atom stereocenters. The normalized spacial score (nSPS) is 16.0. The molecule has 1 amide bonds. The number of amidine groups is 1. The molecule has 1 aliphatic rings. The van der Waals surface area contributed by atoms with Gasteiger partial charge in [0.1, 0.15) is 5.75 Å². The summed E-state index contributed by atoms with van der Waals surface area (Å²) < 4.78 is 5.51. The van der Waals surface area contributed by atoms with Crippen molar-refractivity contribution in [1.29, 1.82) is 0 Å². The van der Waals surface area contributed by atoms with Crippen molar-refractivity contribution < 1.29 is 9.53 Å². The van der Waals surface area contributed by atoms with Crippen LogP contribution in [0, 0.1) is 0 Å². The summed E-state index contributed by atoms with van der Waals surface area (Å²) in [6.07, 6.45) is -0.574. The largest absolute Gasteiger partial charge is 0.481 e. The molecule has 0 radical (unpaired) electrons. The molecule has 1 heterocycles. The maximum absolute atomic E-state index is 11.8. The van der Waals surface area contributed by atoms with Gasteiger partial charge in [0.15, 0.2) is 11.3 Å². The van der Waals surface area contributed by atoms with Crippen LogP contribution in [0.15, 0.2) is 29.3 Å². The minimum Gasteiger partial charge on any atom is -0.481 e. The summed E-state index contributed by atoms with van der Waals surface area (Å²) in [5.41, 5.74) is 0. The van der Waals surface area contributed by atoms with E-state index in [4.69, 9.17) is 16.3 Å². The number of thioether (sulfide) groups is 1. The number of nitrogens with one attached hydrogen (secondary N) is 1. The van der Waals surface area contributed by atoms with Gasteiger partial charge in [-0.3, -0.25) is 9.79 Å². The standard InChI is InChI=1S/C12H13ClN2O2S/c1-8(11(16)15-12-14-6-7-18-12)17-10-4-2-9(13)3-5-10/h2-5,8H,6-7H2,1H3,(H,14,15,16)/t8-/m1/s1. The Bertz CT molecular complexity index is 462. The molecular formula is C12H13ClN2O2S. The lowest BCUT2D eigenvalue weighted by molar-refractivity contribution is -0.125. The average Bonchev–Trinajstić information content (AvgIpc) is 2.85. The molecule has 4 nitrogen and oxygen atoms in total. The molecule has 1 aromatic rings. The van der Waals surface area contributed by atoms with E-state index in [1.165, 1.54) is 0 Å². The third kappa shape index (κ3) is 3.65. The lowest BCUT2D eigenvalue weighted by Crippen LogP contribution is -2.38. The van der Waals surface area contributed by atoms with Crippen LogP contribution in [0.3, 0.4) is 0 Å². The third-order valence-electron chi connectivity index (χ3n) is 2.31. The van der Waals surface area contributed by atoms with E-state index in [1.54, 1.807) is 43.0 Å². The molecule has 1 aliphatic heterocycles. The highest BCUT2D eigenvalue weighted by Gasteiger charge is 2.18. The van der Waals surface area contributed by atoms with E-state index >= 15 is 0 Å². The molecule has 0 aliphatic carbocycles. The number of hydrogen-bond donors (Lipinski definition) is 1. The Morgan fingerprint density at radius 3 is 2.83 bits per heavy atom. The molecule has 1 N–H and O–H groups in total. The van der Waals surface area contributed by atoms with E-state index in [1.807, 2.05) is 0 Å². The number of ether oxygens (including phenoxy) is 1. The molecule has 6 heteroatoms. The number of amides is 1. The van der Waals surface area contributed by atoms with Crippen LogP contribution < -0.4 is 10.1 Å². The molecule has 0 bridgehead atoms. The summed E-state index contributed by atoms with van der Waals surface area (Å²) in [5, 5.41) is 4.04.